The monoisotopic (exact) mass is 943 g/mol. The standard InChI is InChI=1S/C39H49N3O16S4/c1-38(2)29-25-27(61(52,53)54)14-16-31(29)40(22-10-24-60(49,50)51)33(38)11-9-12-34-39(3,20-6-8-23-59(46,47)48)30-26-28(62(55,56)57)15-17-32(30)41(34)21-7-4-5-13-37(45)58-42-35(43)18-19-36(42)44/h9,11-12,14-17,25-26H,4-8,10,13,18-24H2,1-3H3,(H3-,46,47,48,49,50,51,52,53,54,55,56,57). The Morgan fingerprint density at radius 3 is 2.03 bits per heavy atom. The molecule has 23 heteroatoms. The minimum Gasteiger partial charge on any atom is -0.744 e. The first-order chi connectivity index (χ1) is 28.6. The summed E-state index contributed by atoms with van der Waals surface area (Å²) in [7, 11) is -18.2. The van der Waals surface area contributed by atoms with Crippen LogP contribution in [0.5, 0.6) is 0 Å². The number of amides is 2. The Hall–Kier alpha value is -4.36. The number of allylic oxidation sites excluding steroid dienone is 4. The highest BCUT2D eigenvalue weighted by Crippen LogP contribution is 2.51. The first-order valence-corrected chi connectivity index (χ1v) is 25.7. The van der Waals surface area contributed by atoms with E-state index in [2.05, 4.69) is 0 Å². The van der Waals surface area contributed by atoms with Crippen molar-refractivity contribution in [3.8, 4) is 0 Å². The Morgan fingerprint density at radius 2 is 1.42 bits per heavy atom. The highest BCUT2D eigenvalue weighted by atomic mass is 32.2. The van der Waals surface area contributed by atoms with Crippen molar-refractivity contribution in [2.24, 2.45) is 0 Å². The predicted molar refractivity (Wildman–Crippen MR) is 222 cm³/mol. The summed E-state index contributed by atoms with van der Waals surface area (Å²) in [6, 6.07) is 7.98. The highest BCUT2D eigenvalue weighted by molar-refractivity contribution is 7.86. The maximum Gasteiger partial charge on any atom is 0.333 e. The second-order valence-electron chi connectivity index (χ2n) is 16.1. The van der Waals surface area contributed by atoms with Crippen molar-refractivity contribution in [2.45, 2.75) is 106 Å². The summed E-state index contributed by atoms with van der Waals surface area (Å²) in [5.41, 5.74) is 1.21. The molecule has 1 saturated heterocycles. The molecule has 0 aliphatic carbocycles. The molecule has 3 aliphatic heterocycles. The van der Waals surface area contributed by atoms with Gasteiger partial charge < -0.3 is 14.3 Å². The Labute approximate surface area is 361 Å². The molecular formula is C39H49N3O16S4. The van der Waals surface area contributed by atoms with Crippen molar-refractivity contribution >= 4 is 75.3 Å². The molecule has 0 saturated carbocycles. The molecule has 2 aromatic carbocycles. The Balaban J connectivity index is 1.53. The van der Waals surface area contributed by atoms with E-state index in [1.807, 2.05) is 4.90 Å². The number of carbonyl (C=O) groups excluding carboxylic acids is 3. The zero-order valence-electron chi connectivity index (χ0n) is 34.2. The number of hydrogen-bond acceptors (Lipinski definition) is 14. The van der Waals surface area contributed by atoms with Crippen molar-refractivity contribution in [1.29, 1.82) is 0 Å². The van der Waals surface area contributed by atoms with Crippen LogP contribution >= 0.6 is 0 Å². The molecule has 19 nitrogen and oxygen atoms in total. The number of hydrogen-bond donors (Lipinski definition) is 3. The number of fused-ring (bicyclic) bond motifs is 2. The molecule has 0 bridgehead atoms. The van der Waals surface area contributed by atoms with Gasteiger partial charge in [-0.3, -0.25) is 23.2 Å². The van der Waals surface area contributed by atoms with Gasteiger partial charge in [-0.25, -0.2) is 13.2 Å². The van der Waals surface area contributed by atoms with Gasteiger partial charge in [0, 0.05) is 66.7 Å². The third kappa shape index (κ3) is 11.4. The van der Waals surface area contributed by atoms with E-state index in [0.29, 0.717) is 64.8 Å². The summed E-state index contributed by atoms with van der Waals surface area (Å²) in [6.07, 6.45) is 6.68. The molecule has 2 aromatic rings. The van der Waals surface area contributed by atoms with Crippen LogP contribution in [-0.4, -0.2) is 110 Å². The smallest absolute Gasteiger partial charge is 0.333 e. The molecule has 3 aliphatic rings. The third-order valence-corrected chi connectivity index (χ3v) is 14.5. The van der Waals surface area contributed by atoms with Gasteiger partial charge in [-0.2, -0.15) is 29.8 Å². The largest absolute Gasteiger partial charge is 0.744 e. The molecule has 3 N–H and O–H groups in total. The summed E-state index contributed by atoms with van der Waals surface area (Å²) < 4.78 is 138. The van der Waals surface area contributed by atoms with E-state index < -0.39 is 85.5 Å². The molecule has 62 heavy (non-hydrogen) atoms. The lowest BCUT2D eigenvalue weighted by Crippen LogP contribution is -2.32. The number of imide groups is 1. The number of rotatable bonds is 20. The molecule has 1 fully saturated rings. The fourth-order valence-corrected chi connectivity index (χ4v) is 10.2. The summed E-state index contributed by atoms with van der Waals surface area (Å²) in [5, 5.41) is 0.473. The van der Waals surface area contributed by atoms with Crippen molar-refractivity contribution < 1.29 is 75.7 Å². The molecule has 0 aromatic heterocycles. The Bertz CT molecular complexity index is 2670. The Morgan fingerprint density at radius 1 is 0.806 bits per heavy atom. The van der Waals surface area contributed by atoms with Crippen molar-refractivity contribution in [3.05, 3.63) is 71.5 Å². The summed E-state index contributed by atoms with van der Waals surface area (Å²) in [5.74, 6) is -3.06. The van der Waals surface area contributed by atoms with E-state index in [1.54, 1.807) is 43.6 Å². The lowest BCUT2D eigenvalue weighted by atomic mass is 9.77. The van der Waals surface area contributed by atoms with Crippen LogP contribution in [0.1, 0.15) is 96.1 Å². The van der Waals surface area contributed by atoms with Crippen LogP contribution < -0.4 is 4.90 Å². The van der Waals surface area contributed by atoms with Crippen LogP contribution in [0.4, 0.5) is 11.4 Å². The number of unbranched alkanes of at least 4 members (excludes halogenated alkanes) is 3. The zero-order chi connectivity index (χ0) is 46.1. The predicted octanol–water partition coefficient (Wildman–Crippen LogP) is 3.94. The van der Waals surface area contributed by atoms with Gasteiger partial charge in [-0.1, -0.05) is 18.9 Å². The van der Waals surface area contributed by atoms with Gasteiger partial charge in [0.2, 0.25) is 5.69 Å². The SMILES string of the molecule is CC1(C)C(C=CC=C2N(CCCCCC(=O)ON3C(=O)CCC3=O)c3ccc(S(=O)(=O)[O-])cc3C2(C)CCCCS(=O)(=O)O)=[N+](CCCS(=O)(=O)O)c2ccc(S(=O)(=O)O)cc21. The van der Waals surface area contributed by atoms with Gasteiger partial charge in [0.15, 0.2) is 5.71 Å². The average molecular weight is 944 g/mol. The van der Waals surface area contributed by atoms with Crippen molar-refractivity contribution in [2.75, 3.05) is 29.5 Å². The van der Waals surface area contributed by atoms with Gasteiger partial charge in [-0.05, 0) is 88.4 Å². The van der Waals surface area contributed by atoms with Gasteiger partial charge in [-0.15, -0.1) is 5.06 Å². The molecule has 3 heterocycles. The summed E-state index contributed by atoms with van der Waals surface area (Å²) in [6.45, 7) is 5.77. The van der Waals surface area contributed by atoms with Crippen LogP contribution in [-0.2, 0) is 70.5 Å². The number of anilines is 1. The van der Waals surface area contributed by atoms with E-state index >= 15 is 0 Å². The van der Waals surface area contributed by atoms with Crippen LogP contribution in [0, 0.1) is 0 Å². The normalized spacial score (nSPS) is 19.9. The van der Waals surface area contributed by atoms with Gasteiger partial charge in [0.25, 0.3) is 42.2 Å². The first kappa shape index (κ1) is 48.7. The van der Waals surface area contributed by atoms with Gasteiger partial charge in [0.05, 0.1) is 26.7 Å². The molecular weight excluding hydrogens is 895 g/mol. The first-order valence-electron chi connectivity index (χ1n) is 19.6. The fraction of sp³-hybridized carbons (Fsp3) is 0.487. The Kier molecular flexibility index (Phi) is 14.4. The molecule has 340 valence electrons. The summed E-state index contributed by atoms with van der Waals surface area (Å²) in [4.78, 5) is 42.2. The van der Waals surface area contributed by atoms with E-state index in [9.17, 15) is 66.3 Å². The van der Waals surface area contributed by atoms with Crippen molar-refractivity contribution in [3.63, 3.8) is 0 Å². The van der Waals surface area contributed by atoms with Crippen LogP contribution in [0.2, 0.25) is 0 Å². The lowest BCUT2D eigenvalue weighted by molar-refractivity contribution is -0.437. The third-order valence-electron chi connectivity index (χ3n) is 11.2. The fourth-order valence-electron chi connectivity index (χ4n) is 8.17. The number of benzene rings is 2. The second-order valence-corrected chi connectivity index (χ2v) is 22.0. The summed E-state index contributed by atoms with van der Waals surface area (Å²) >= 11 is 0. The zero-order valence-corrected chi connectivity index (χ0v) is 37.5. The van der Waals surface area contributed by atoms with E-state index in [4.69, 9.17) is 4.84 Å². The highest BCUT2D eigenvalue weighted by Gasteiger charge is 2.46. The molecule has 0 spiro atoms. The second kappa shape index (κ2) is 18.4. The minimum atomic E-state index is -4.92. The van der Waals surface area contributed by atoms with Crippen molar-refractivity contribution in [1.82, 2.24) is 5.06 Å². The van der Waals surface area contributed by atoms with E-state index in [-0.39, 0.29) is 56.4 Å². The van der Waals surface area contributed by atoms with Crippen LogP contribution in [0.3, 0.4) is 0 Å². The number of carbonyl (C=O) groups is 3. The maximum absolute atomic E-state index is 12.4. The molecule has 2 amide bonds. The van der Waals surface area contributed by atoms with E-state index in [0.717, 1.165) is 0 Å². The van der Waals surface area contributed by atoms with Gasteiger partial charge in [0.1, 0.15) is 16.7 Å². The van der Waals surface area contributed by atoms with Crippen LogP contribution in [0.25, 0.3) is 0 Å². The van der Waals surface area contributed by atoms with Crippen LogP contribution in [0.15, 0.2) is 70.1 Å². The van der Waals surface area contributed by atoms with Gasteiger partial charge >= 0.3 is 5.97 Å². The topological polar surface area (TPSA) is 290 Å². The molecule has 1 unspecified atom stereocenters. The minimum absolute atomic E-state index is 0.0191. The maximum atomic E-state index is 12.4. The number of hydroxylamine groups is 2. The van der Waals surface area contributed by atoms with E-state index in [1.165, 1.54) is 36.4 Å². The molecule has 5 rings (SSSR count). The average Bonchev–Trinajstić information content (AvgIpc) is 3.67. The lowest BCUT2D eigenvalue weighted by Gasteiger charge is -2.30. The molecule has 1 atom stereocenters. The quantitative estimate of drug-likeness (QED) is 0.0733. The molecule has 0 radical (unpaired) electrons. The number of nitrogens with zero attached hydrogens (tertiary/aromatic N) is 3.